The van der Waals surface area contributed by atoms with Crippen LogP contribution < -0.4 is 10.3 Å². The SMILES string of the molecule is Cc1ccc(/C=C/S(=O)(=O)Nc2ccccc2-c2ccc(=O)n(C)n2)cc1. The molecule has 3 aromatic rings. The minimum absolute atomic E-state index is 0.238. The summed E-state index contributed by atoms with van der Waals surface area (Å²) in [5.41, 5.74) is 3.12. The van der Waals surface area contributed by atoms with Crippen molar-refractivity contribution >= 4 is 21.8 Å². The molecule has 0 aliphatic heterocycles. The first-order valence-electron chi connectivity index (χ1n) is 8.25. The van der Waals surface area contributed by atoms with Gasteiger partial charge in [-0.15, -0.1) is 0 Å². The third kappa shape index (κ3) is 4.71. The maximum absolute atomic E-state index is 12.5. The van der Waals surface area contributed by atoms with Crippen molar-refractivity contribution in [1.29, 1.82) is 0 Å². The second-order valence-corrected chi connectivity index (χ2v) is 7.65. The van der Waals surface area contributed by atoms with E-state index in [1.165, 1.54) is 16.8 Å². The molecule has 2 aromatic carbocycles. The summed E-state index contributed by atoms with van der Waals surface area (Å²) in [5, 5.41) is 5.31. The first kappa shape index (κ1) is 18.6. The molecule has 0 bridgehead atoms. The number of nitrogens with zero attached hydrogens (tertiary/aromatic N) is 2. The summed E-state index contributed by atoms with van der Waals surface area (Å²) < 4.78 is 28.7. The summed E-state index contributed by atoms with van der Waals surface area (Å²) in [4.78, 5) is 11.5. The van der Waals surface area contributed by atoms with Crippen LogP contribution in [0.25, 0.3) is 17.3 Å². The first-order chi connectivity index (χ1) is 12.8. The third-order valence-corrected chi connectivity index (χ3v) is 4.93. The Morgan fingerprint density at radius 2 is 1.70 bits per heavy atom. The number of nitrogens with one attached hydrogen (secondary N) is 1. The number of anilines is 1. The van der Waals surface area contributed by atoms with Crippen molar-refractivity contribution in [1.82, 2.24) is 9.78 Å². The van der Waals surface area contributed by atoms with E-state index in [1.807, 2.05) is 31.2 Å². The van der Waals surface area contributed by atoms with Gasteiger partial charge in [-0.25, -0.2) is 13.1 Å². The Morgan fingerprint density at radius 1 is 1.00 bits per heavy atom. The Hall–Kier alpha value is -3.19. The Labute approximate surface area is 157 Å². The van der Waals surface area contributed by atoms with E-state index >= 15 is 0 Å². The minimum Gasteiger partial charge on any atom is -0.279 e. The van der Waals surface area contributed by atoms with Crippen LogP contribution in [0.3, 0.4) is 0 Å². The fourth-order valence-electron chi connectivity index (χ4n) is 2.47. The lowest BCUT2D eigenvalue weighted by molar-refractivity contribution is 0.609. The molecular weight excluding hydrogens is 362 g/mol. The summed E-state index contributed by atoms with van der Waals surface area (Å²) in [6.45, 7) is 1.97. The molecule has 0 fully saturated rings. The number of aromatic nitrogens is 2. The molecule has 7 heteroatoms. The van der Waals surface area contributed by atoms with Gasteiger partial charge in [-0.3, -0.25) is 9.52 Å². The molecule has 0 radical (unpaired) electrons. The molecule has 0 atom stereocenters. The number of hydrogen-bond donors (Lipinski definition) is 1. The quantitative estimate of drug-likeness (QED) is 0.736. The fraction of sp³-hybridized carbons (Fsp3) is 0.100. The molecular formula is C20H19N3O3S. The Balaban J connectivity index is 1.89. The van der Waals surface area contributed by atoms with Crippen LogP contribution in [-0.2, 0) is 17.1 Å². The van der Waals surface area contributed by atoms with Gasteiger partial charge < -0.3 is 0 Å². The summed E-state index contributed by atoms with van der Waals surface area (Å²) in [6, 6.07) is 17.4. The second kappa shape index (κ2) is 7.59. The average molecular weight is 381 g/mol. The van der Waals surface area contributed by atoms with Crippen LogP contribution in [-0.4, -0.2) is 18.2 Å². The van der Waals surface area contributed by atoms with Crippen LogP contribution >= 0.6 is 0 Å². The standard InChI is InChI=1S/C20H19N3O3S/c1-15-7-9-16(10-8-15)13-14-27(25,26)22-19-6-4-3-5-17(19)18-11-12-20(24)23(2)21-18/h3-14,22H,1-2H3/b14-13+. The summed E-state index contributed by atoms with van der Waals surface area (Å²) in [5.74, 6) is 0. The maximum atomic E-state index is 12.5. The molecule has 27 heavy (non-hydrogen) atoms. The predicted octanol–water partition coefficient (Wildman–Crippen LogP) is 3.17. The smallest absolute Gasteiger partial charge is 0.266 e. The summed E-state index contributed by atoms with van der Waals surface area (Å²) in [7, 11) is -2.17. The lowest BCUT2D eigenvalue weighted by Gasteiger charge is -2.11. The molecule has 0 aliphatic rings. The van der Waals surface area contributed by atoms with Gasteiger partial charge in [-0.2, -0.15) is 5.10 Å². The molecule has 1 N–H and O–H groups in total. The minimum atomic E-state index is -3.72. The van der Waals surface area contributed by atoms with Gasteiger partial charge in [-0.05, 0) is 30.7 Å². The van der Waals surface area contributed by atoms with Crippen LogP contribution in [0.5, 0.6) is 0 Å². The molecule has 6 nitrogen and oxygen atoms in total. The number of benzene rings is 2. The molecule has 3 rings (SSSR count). The van der Waals surface area contributed by atoms with Crippen molar-refractivity contribution in [2.24, 2.45) is 7.05 Å². The van der Waals surface area contributed by atoms with E-state index < -0.39 is 10.0 Å². The third-order valence-electron chi connectivity index (χ3n) is 3.93. The zero-order valence-electron chi connectivity index (χ0n) is 15.0. The van der Waals surface area contributed by atoms with Crippen molar-refractivity contribution in [3.63, 3.8) is 0 Å². The van der Waals surface area contributed by atoms with E-state index in [0.717, 1.165) is 16.5 Å². The van der Waals surface area contributed by atoms with E-state index in [-0.39, 0.29) is 5.56 Å². The van der Waals surface area contributed by atoms with E-state index in [4.69, 9.17) is 0 Å². The number of hydrogen-bond acceptors (Lipinski definition) is 4. The highest BCUT2D eigenvalue weighted by molar-refractivity contribution is 7.95. The molecule has 0 aliphatic carbocycles. The Morgan fingerprint density at radius 3 is 2.41 bits per heavy atom. The lowest BCUT2D eigenvalue weighted by Crippen LogP contribution is -2.18. The van der Waals surface area contributed by atoms with Crippen LogP contribution in [0.15, 0.2) is 70.9 Å². The topological polar surface area (TPSA) is 81.1 Å². The van der Waals surface area contributed by atoms with Gasteiger partial charge in [0, 0.05) is 18.7 Å². The number of aryl methyl sites for hydroxylation is 2. The van der Waals surface area contributed by atoms with Crippen LogP contribution in [0.4, 0.5) is 5.69 Å². The first-order valence-corrected chi connectivity index (χ1v) is 9.80. The molecule has 0 amide bonds. The van der Waals surface area contributed by atoms with E-state index in [0.29, 0.717) is 16.9 Å². The molecule has 138 valence electrons. The van der Waals surface area contributed by atoms with Gasteiger partial charge in [0.05, 0.1) is 16.8 Å². The number of sulfonamides is 1. The van der Waals surface area contributed by atoms with E-state index in [2.05, 4.69) is 9.82 Å². The van der Waals surface area contributed by atoms with Crippen molar-refractivity contribution < 1.29 is 8.42 Å². The summed E-state index contributed by atoms with van der Waals surface area (Å²) >= 11 is 0. The van der Waals surface area contributed by atoms with Gasteiger partial charge >= 0.3 is 0 Å². The van der Waals surface area contributed by atoms with Gasteiger partial charge in [0.2, 0.25) is 0 Å². The highest BCUT2D eigenvalue weighted by Gasteiger charge is 2.12. The summed E-state index contributed by atoms with van der Waals surface area (Å²) in [6.07, 6.45) is 1.54. The Kier molecular flexibility index (Phi) is 5.23. The van der Waals surface area contributed by atoms with E-state index in [1.54, 1.807) is 37.4 Å². The van der Waals surface area contributed by atoms with Crippen LogP contribution in [0.2, 0.25) is 0 Å². The maximum Gasteiger partial charge on any atom is 0.266 e. The lowest BCUT2D eigenvalue weighted by atomic mass is 10.1. The van der Waals surface area contributed by atoms with Crippen molar-refractivity contribution in [2.45, 2.75) is 6.92 Å². The molecule has 0 saturated heterocycles. The second-order valence-electron chi connectivity index (χ2n) is 6.09. The zero-order valence-corrected chi connectivity index (χ0v) is 15.8. The van der Waals surface area contributed by atoms with Gasteiger partial charge in [0.25, 0.3) is 15.6 Å². The highest BCUT2D eigenvalue weighted by Crippen LogP contribution is 2.26. The van der Waals surface area contributed by atoms with Crippen molar-refractivity contribution in [2.75, 3.05) is 4.72 Å². The molecule has 1 heterocycles. The van der Waals surface area contributed by atoms with Crippen molar-refractivity contribution in [3.05, 3.63) is 87.6 Å². The average Bonchev–Trinajstić information content (AvgIpc) is 2.64. The van der Waals surface area contributed by atoms with E-state index in [9.17, 15) is 13.2 Å². The normalized spacial score (nSPS) is 11.6. The van der Waals surface area contributed by atoms with Gasteiger partial charge in [0.15, 0.2) is 0 Å². The largest absolute Gasteiger partial charge is 0.279 e. The highest BCUT2D eigenvalue weighted by atomic mass is 32.2. The van der Waals surface area contributed by atoms with Crippen molar-refractivity contribution in [3.8, 4) is 11.3 Å². The number of para-hydroxylation sites is 1. The molecule has 0 spiro atoms. The monoisotopic (exact) mass is 381 g/mol. The number of rotatable bonds is 5. The fourth-order valence-corrected chi connectivity index (χ4v) is 3.36. The molecule has 0 unspecified atom stereocenters. The zero-order chi connectivity index (χ0) is 19.4. The Bertz CT molecular complexity index is 1150. The molecule has 1 aromatic heterocycles. The van der Waals surface area contributed by atoms with Crippen LogP contribution in [0, 0.1) is 6.92 Å². The molecule has 0 saturated carbocycles. The van der Waals surface area contributed by atoms with Crippen LogP contribution in [0.1, 0.15) is 11.1 Å². The van der Waals surface area contributed by atoms with Gasteiger partial charge in [-0.1, -0.05) is 48.0 Å². The predicted molar refractivity (Wildman–Crippen MR) is 108 cm³/mol. The van der Waals surface area contributed by atoms with Gasteiger partial charge in [0.1, 0.15) is 0 Å².